The van der Waals surface area contributed by atoms with Crippen molar-refractivity contribution < 1.29 is 22.7 Å². The molecule has 0 aliphatic carbocycles. The number of hydrogen-bond acceptors (Lipinski definition) is 5. The number of aliphatic hydroxyl groups is 1. The first-order chi connectivity index (χ1) is 6.62. The highest BCUT2D eigenvalue weighted by Crippen LogP contribution is 2.00. The molecule has 6 heteroatoms. The maximum atomic E-state index is 11.0. The van der Waals surface area contributed by atoms with Crippen LogP contribution in [0.2, 0.25) is 0 Å². The summed E-state index contributed by atoms with van der Waals surface area (Å²) in [5, 5.41) is 8.41. The molecule has 0 radical (unpaired) electrons. The Hall–Kier alpha value is -0.170. The molecule has 0 fully saturated rings. The van der Waals surface area contributed by atoms with Crippen LogP contribution in [0.15, 0.2) is 0 Å². The van der Waals surface area contributed by atoms with Crippen LogP contribution in [-0.2, 0) is 19.3 Å². The molecule has 0 saturated carbocycles. The normalized spacial score (nSPS) is 11.9. The average Bonchev–Trinajstić information content (AvgIpc) is 2.15. The van der Waals surface area contributed by atoms with Gasteiger partial charge in [-0.1, -0.05) is 19.8 Å². The second-order valence-corrected chi connectivity index (χ2v) is 4.60. The van der Waals surface area contributed by atoms with Crippen LogP contribution in [0.5, 0.6) is 0 Å². The largest absolute Gasteiger partial charge is 0.396 e. The van der Waals surface area contributed by atoms with Crippen LogP contribution in [0.25, 0.3) is 0 Å². The summed E-state index contributed by atoms with van der Waals surface area (Å²) in [5.41, 5.74) is 0. The third-order valence-corrected chi connectivity index (χ3v) is 2.63. The molecule has 0 aromatic carbocycles. The van der Waals surface area contributed by atoms with Crippen molar-refractivity contribution in [1.82, 2.24) is 0 Å². The summed E-state index contributed by atoms with van der Waals surface area (Å²) in [6, 6.07) is 0. The van der Waals surface area contributed by atoms with Crippen LogP contribution >= 0.6 is 0 Å². The van der Waals surface area contributed by atoms with Gasteiger partial charge >= 0.3 is 0 Å². The predicted octanol–water partition coefficient (Wildman–Crippen LogP) is 0.837. The zero-order valence-corrected chi connectivity index (χ0v) is 9.25. The van der Waals surface area contributed by atoms with Gasteiger partial charge in [0.05, 0.1) is 12.4 Å². The third kappa shape index (κ3) is 8.43. The van der Waals surface area contributed by atoms with Crippen molar-refractivity contribution in [3.05, 3.63) is 0 Å². The molecule has 14 heavy (non-hydrogen) atoms. The molecular weight excluding hydrogens is 208 g/mol. The molecule has 0 saturated heterocycles. The monoisotopic (exact) mass is 226 g/mol. The highest BCUT2D eigenvalue weighted by atomic mass is 32.2. The smallest absolute Gasteiger partial charge is 0.293 e. The fourth-order valence-corrected chi connectivity index (χ4v) is 1.56. The van der Waals surface area contributed by atoms with Crippen LogP contribution in [0, 0.1) is 0 Å². The van der Waals surface area contributed by atoms with Gasteiger partial charge in [0.2, 0.25) is 0 Å². The molecule has 0 aliphatic rings. The molecule has 0 aliphatic heterocycles. The first-order valence-electron chi connectivity index (χ1n) is 4.77. The highest BCUT2D eigenvalue weighted by Gasteiger charge is 2.11. The van der Waals surface area contributed by atoms with E-state index in [2.05, 4.69) is 9.22 Å². The van der Waals surface area contributed by atoms with E-state index < -0.39 is 10.1 Å². The van der Waals surface area contributed by atoms with Crippen molar-refractivity contribution in [2.24, 2.45) is 0 Å². The predicted molar refractivity (Wildman–Crippen MR) is 52.1 cm³/mol. The Bertz CT molecular complexity index is 212. The van der Waals surface area contributed by atoms with E-state index in [1.165, 1.54) is 0 Å². The summed E-state index contributed by atoms with van der Waals surface area (Å²) >= 11 is 0. The van der Waals surface area contributed by atoms with E-state index in [9.17, 15) is 8.42 Å². The Labute approximate surface area is 85.1 Å². The Morgan fingerprint density at radius 2 is 1.93 bits per heavy atom. The van der Waals surface area contributed by atoms with Crippen molar-refractivity contribution in [1.29, 1.82) is 0 Å². The van der Waals surface area contributed by atoms with Crippen LogP contribution in [0.1, 0.15) is 32.6 Å². The molecule has 0 rings (SSSR count). The van der Waals surface area contributed by atoms with Crippen molar-refractivity contribution in [2.45, 2.75) is 32.6 Å². The Morgan fingerprint density at radius 3 is 2.50 bits per heavy atom. The van der Waals surface area contributed by atoms with Gasteiger partial charge in [-0.3, -0.25) is 0 Å². The van der Waals surface area contributed by atoms with Gasteiger partial charge in [0.15, 0.2) is 0 Å². The summed E-state index contributed by atoms with van der Waals surface area (Å²) < 4.78 is 26.2. The first kappa shape index (κ1) is 13.8. The minimum Gasteiger partial charge on any atom is -0.396 e. The summed E-state index contributed by atoms with van der Waals surface area (Å²) in [4.78, 5) is 4.53. The van der Waals surface area contributed by atoms with Gasteiger partial charge in [-0.25, -0.2) is 4.89 Å². The fraction of sp³-hybridized carbons (Fsp3) is 1.00. The minimum atomic E-state index is -3.61. The van der Waals surface area contributed by atoms with Crippen molar-refractivity contribution in [3.63, 3.8) is 0 Å². The maximum Gasteiger partial charge on any atom is 0.293 e. The molecule has 0 aromatic rings. The van der Waals surface area contributed by atoms with Gasteiger partial charge < -0.3 is 5.11 Å². The lowest BCUT2D eigenvalue weighted by Gasteiger charge is -2.03. The van der Waals surface area contributed by atoms with Gasteiger partial charge in [0.1, 0.15) is 0 Å². The van der Waals surface area contributed by atoms with Crippen LogP contribution in [0.3, 0.4) is 0 Å². The number of aliphatic hydroxyl groups excluding tert-OH is 1. The molecule has 0 spiro atoms. The lowest BCUT2D eigenvalue weighted by molar-refractivity contribution is -0.202. The zero-order chi connectivity index (χ0) is 10.9. The SMILES string of the molecule is CCCCCOOS(=O)(=O)CCCO. The molecule has 5 nitrogen and oxygen atoms in total. The molecule has 1 N–H and O–H groups in total. The summed E-state index contributed by atoms with van der Waals surface area (Å²) in [7, 11) is -3.61. The number of rotatable bonds is 9. The second-order valence-electron chi connectivity index (χ2n) is 2.94. The van der Waals surface area contributed by atoms with Gasteiger partial charge in [-0.05, 0) is 12.8 Å². The summed E-state index contributed by atoms with van der Waals surface area (Å²) in [6.07, 6.45) is 2.98. The zero-order valence-electron chi connectivity index (χ0n) is 8.44. The molecule has 86 valence electrons. The molecule has 0 unspecified atom stereocenters. The van der Waals surface area contributed by atoms with E-state index in [1.54, 1.807) is 0 Å². The molecule has 0 aromatic heterocycles. The van der Waals surface area contributed by atoms with Gasteiger partial charge in [-0.15, -0.1) is 4.33 Å². The second kappa shape index (κ2) is 8.16. The maximum absolute atomic E-state index is 11.0. The lowest BCUT2D eigenvalue weighted by atomic mass is 10.3. The quantitative estimate of drug-likeness (QED) is 0.358. The van der Waals surface area contributed by atoms with E-state index in [-0.39, 0.29) is 25.4 Å². The number of hydrogen-bond donors (Lipinski definition) is 1. The molecule has 0 amide bonds. The van der Waals surface area contributed by atoms with Gasteiger partial charge in [-0.2, -0.15) is 8.42 Å². The molecule has 0 bridgehead atoms. The van der Waals surface area contributed by atoms with Crippen LogP contribution < -0.4 is 0 Å². The average molecular weight is 226 g/mol. The molecular formula is C8H18O5S. The highest BCUT2D eigenvalue weighted by molar-refractivity contribution is 7.86. The van der Waals surface area contributed by atoms with E-state index in [0.29, 0.717) is 0 Å². The summed E-state index contributed by atoms with van der Waals surface area (Å²) in [6.45, 7) is 2.16. The van der Waals surface area contributed by atoms with Crippen molar-refractivity contribution >= 4 is 10.1 Å². The minimum absolute atomic E-state index is 0.167. The Morgan fingerprint density at radius 1 is 1.21 bits per heavy atom. The lowest BCUT2D eigenvalue weighted by Crippen LogP contribution is -2.12. The molecule has 0 heterocycles. The van der Waals surface area contributed by atoms with E-state index in [0.717, 1.165) is 19.3 Å². The van der Waals surface area contributed by atoms with Gasteiger partial charge in [0.25, 0.3) is 10.1 Å². The molecule has 0 atom stereocenters. The van der Waals surface area contributed by atoms with E-state index >= 15 is 0 Å². The Balaban J connectivity index is 3.46. The Kier molecular flexibility index (Phi) is 8.07. The van der Waals surface area contributed by atoms with Crippen molar-refractivity contribution in [3.8, 4) is 0 Å². The first-order valence-corrected chi connectivity index (χ1v) is 6.34. The van der Waals surface area contributed by atoms with Gasteiger partial charge in [0, 0.05) is 6.61 Å². The van der Waals surface area contributed by atoms with Crippen molar-refractivity contribution in [2.75, 3.05) is 19.0 Å². The third-order valence-electron chi connectivity index (χ3n) is 1.54. The topological polar surface area (TPSA) is 72.8 Å². The van der Waals surface area contributed by atoms with E-state index in [1.807, 2.05) is 6.92 Å². The van der Waals surface area contributed by atoms with Crippen LogP contribution in [-0.4, -0.2) is 32.5 Å². The van der Waals surface area contributed by atoms with Crippen LogP contribution in [0.4, 0.5) is 0 Å². The standard InChI is InChI=1S/C8H18O5S/c1-2-3-4-7-12-13-14(10,11)8-5-6-9/h9H,2-8H2,1H3. The number of unbranched alkanes of at least 4 members (excludes halogenated alkanes) is 2. The summed E-state index contributed by atoms with van der Waals surface area (Å²) in [5.74, 6) is -0.211. The van der Waals surface area contributed by atoms with E-state index in [4.69, 9.17) is 5.11 Å². The fourth-order valence-electron chi connectivity index (χ4n) is 0.794.